The van der Waals surface area contributed by atoms with Crippen LogP contribution in [0.3, 0.4) is 0 Å². The highest BCUT2D eigenvalue weighted by Gasteiger charge is 2.19. The van der Waals surface area contributed by atoms with E-state index in [1.807, 2.05) is 19.9 Å². The molecule has 21 heavy (non-hydrogen) atoms. The third kappa shape index (κ3) is 6.40. The molecule has 0 fully saturated rings. The smallest absolute Gasteiger partial charge is 0.326 e. The number of aliphatic carboxylic acids is 1. The number of nitrogens with one attached hydrogen (secondary N) is 1. The second-order valence-electron chi connectivity index (χ2n) is 4.55. The molecule has 0 saturated heterocycles. The highest BCUT2D eigenvalue weighted by Crippen LogP contribution is 2.13. The lowest BCUT2D eigenvalue weighted by Gasteiger charge is -2.13. The van der Waals surface area contributed by atoms with Crippen LogP contribution in [0.4, 0.5) is 0 Å². The fourth-order valence-corrected chi connectivity index (χ4v) is 2.43. The van der Waals surface area contributed by atoms with E-state index in [4.69, 9.17) is 5.11 Å². The molecule has 1 aromatic heterocycles. The number of hydrogen-bond acceptors (Lipinski definition) is 5. The number of thioether (sulfide) groups is 1. The number of rotatable bonds is 8. The number of aromatic nitrogens is 2. The normalized spacial score (nSPS) is 11.7. The summed E-state index contributed by atoms with van der Waals surface area (Å²) in [5, 5.41) is 12.0. The second kappa shape index (κ2) is 8.41. The molecule has 1 unspecified atom stereocenters. The Morgan fingerprint density at radius 2 is 2.05 bits per heavy atom. The lowest BCUT2D eigenvalue weighted by molar-refractivity contribution is -0.141. The van der Waals surface area contributed by atoms with E-state index in [9.17, 15) is 9.59 Å². The van der Waals surface area contributed by atoms with Gasteiger partial charge in [0.05, 0.1) is 5.75 Å². The number of aryl methyl sites for hydroxylation is 2. The largest absolute Gasteiger partial charge is 0.480 e. The minimum atomic E-state index is -1.04. The summed E-state index contributed by atoms with van der Waals surface area (Å²) in [6.45, 7) is 7.25. The van der Waals surface area contributed by atoms with Crippen LogP contribution in [0, 0.1) is 13.8 Å². The van der Waals surface area contributed by atoms with Gasteiger partial charge in [0.1, 0.15) is 6.04 Å². The fraction of sp³-hybridized carbons (Fsp3) is 0.429. The van der Waals surface area contributed by atoms with Crippen LogP contribution in [0.25, 0.3) is 0 Å². The molecule has 7 heteroatoms. The Labute approximate surface area is 128 Å². The molecular weight excluding hydrogens is 290 g/mol. The molecule has 1 atom stereocenters. The first kappa shape index (κ1) is 17.2. The van der Waals surface area contributed by atoms with Gasteiger partial charge in [0.2, 0.25) is 5.91 Å². The summed E-state index contributed by atoms with van der Waals surface area (Å²) in [7, 11) is 0. The maximum atomic E-state index is 11.8. The first-order valence-corrected chi connectivity index (χ1v) is 7.49. The molecule has 0 saturated carbocycles. The molecule has 114 valence electrons. The number of carbonyl (C=O) groups is 2. The molecule has 0 aliphatic rings. The molecule has 1 aromatic rings. The van der Waals surface area contributed by atoms with Crippen LogP contribution in [0.2, 0.25) is 0 Å². The zero-order valence-electron chi connectivity index (χ0n) is 12.1. The van der Waals surface area contributed by atoms with E-state index < -0.39 is 12.0 Å². The number of hydrogen-bond donors (Lipinski definition) is 2. The molecule has 0 radical (unpaired) electrons. The van der Waals surface area contributed by atoms with Crippen molar-refractivity contribution in [3.63, 3.8) is 0 Å². The van der Waals surface area contributed by atoms with Crippen LogP contribution in [0.1, 0.15) is 24.2 Å². The molecule has 0 aliphatic heterocycles. The van der Waals surface area contributed by atoms with Crippen molar-refractivity contribution in [1.82, 2.24) is 15.3 Å². The van der Waals surface area contributed by atoms with E-state index in [-0.39, 0.29) is 11.7 Å². The molecule has 2 N–H and O–H groups in total. The molecule has 0 aromatic carbocycles. The number of nitrogens with zero attached hydrogens (tertiary/aromatic N) is 2. The molecular formula is C14H19N3O3S. The molecule has 1 amide bonds. The van der Waals surface area contributed by atoms with Gasteiger partial charge in [-0.25, -0.2) is 14.8 Å². The minimum Gasteiger partial charge on any atom is -0.480 e. The highest BCUT2D eigenvalue weighted by molar-refractivity contribution is 7.99. The van der Waals surface area contributed by atoms with Crippen molar-refractivity contribution in [2.45, 2.75) is 37.9 Å². The van der Waals surface area contributed by atoms with Crippen molar-refractivity contribution in [3.05, 3.63) is 30.1 Å². The van der Waals surface area contributed by atoms with Gasteiger partial charge in [-0.1, -0.05) is 17.8 Å². The van der Waals surface area contributed by atoms with Crippen molar-refractivity contribution in [2.75, 3.05) is 5.75 Å². The standard InChI is InChI=1S/C14H19N3O3S/c1-4-5-6-11(13(19)20)17-12(18)8-21-14-15-9(2)7-10(3)16-14/h4,7,11H,1,5-6,8H2,2-3H3,(H,17,18)(H,19,20). The first-order chi connectivity index (χ1) is 9.92. The Morgan fingerprint density at radius 1 is 1.43 bits per heavy atom. The molecule has 6 nitrogen and oxygen atoms in total. The van der Waals surface area contributed by atoms with Gasteiger partial charge < -0.3 is 10.4 Å². The van der Waals surface area contributed by atoms with Crippen molar-refractivity contribution in [2.24, 2.45) is 0 Å². The molecule has 0 aliphatic carbocycles. The first-order valence-electron chi connectivity index (χ1n) is 6.50. The van der Waals surface area contributed by atoms with Gasteiger partial charge in [-0.3, -0.25) is 4.79 Å². The van der Waals surface area contributed by atoms with Gasteiger partial charge in [-0.2, -0.15) is 0 Å². The van der Waals surface area contributed by atoms with Gasteiger partial charge in [0.25, 0.3) is 0 Å². The van der Waals surface area contributed by atoms with Crippen LogP contribution in [0.15, 0.2) is 23.9 Å². The quantitative estimate of drug-likeness (QED) is 0.431. The SMILES string of the molecule is C=CCCC(NC(=O)CSc1nc(C)cc(C)n1)C(=O)O. The Hall–Kier alpha value is -1.89. The summed E-state index contributed by atoms with van der Waals surface area (Å²) in [4.78, 5) is 31.2. The topological polar surface area (TPSA) is 92.2 Å². The Balaban J connectivity index is 2.52. The lowest BCUT2D eigenvalue weighted by Crippen LogP contribution is -2.41. The Bertz CT molecular complexity index is 514. The van der Waals surface area contributed by atoms with Crippen LogP contribution < -0.4 is 5.32 Å². The zero-order chi connectivity index (χ0) is 15.8. The monoisotopic (exact) mass is 309 g/mol. The number of carboxylic acids is 1. The Morgan fingerprint density at radius 3 is 2.57 bits per heavy atom. The highest BCUT2D eigenvalue weighted by atomic mass is 32.2. The summed E-state index contributed by atoms with van der Waals surface area (Å²) in [5.41, 5.74) is 1.67. The molecule has 1 heterocycles. The number of carboxylic acid groups (broad SMARTS) is 1. The van der Waals surface area contributed by atoms with E-state index in [0.29, 0.717) is 18.0 Å². The van der Waals surface area contributed by atoms with E-state index in [0.717, 1.165) is 11.4 Å². The maximum absolute atomic E-state index is 11.8. The number of carbonyl (C=O) groups excluding carboxylic acids is 1. The average molecular weight is 309 g/mol. The average Bonchev–Trinajstić information content (AvgIpc) is 2.39. The number of allylic oxidation sites excluding steroid dienone is 1. The van der Waals surface area contributed by atoms with Crippen molar-refractivity contribution < 1.29 is 14.7 Å². The molecule has 0 spiro atoms. The van der Waals surface area contributed by atoms with Crippen LogP contribution in [0.5, 0.6) is 0 Å². The van der Waals surface area contributed by atoms with Gasteiger partial charge in [0, 0.05) is 11.4 Å². The third-order valence-electron chi connectivity index (χ3n) is 2.59. The summed E-state index contributed by atoms with van der Waals surface area (Å²) in [5.74, 6) is -1.31. The molecule has 1 rings (SSSR count). The lowest BCUT2D eigenvalue weighted by atomic mass is 10.1. The van der Waals surface area contributed by atoms with Gasteiger partial charge in [-0.15, -0.1) is 6.58 Å². The summed E-state index contributed by atoms with van der Waals surface area (Å²) in [6, 6.07) is 0.955. The number of amides is 1. The fourth-order valence-electron chi connectivity index (χ4n) is 1.67. The van der Waals surface area contributed by atoms with Crippen molar-refractivity contribution in [3.8, 4) is 0 Å². The van der Waals surface area contributed by atoms with Crippen molar-refractivity contribution in [1.29, 1.82) is 0 Å². The van der Waals surface area contributed by atoms with E-state index >= 15 is 0 Å². The van der Waals surface area contributed by atoms with Crippen LogP contribution in [-0.4, -0.2) is 38.7 Å². The Kier molecular flexibility index (Phi) is 6.87. The summed E-state index contributed by atoms with van der Waals surface area (Å²) >= 11 is 1.19. The zero-order valence-corrected chi connectivity index (χ0v) is 12.9. The predicted octanol–water partition coefficient (Wildman–Crippen LogP) is 1.72. The van der Waals surface area contributed by atoms with Gasteiger partial charge >= 0.3 is 5.97 Å². The summed E-state index contributed by atoms with van der Waals surface area (Å²) in [6.07, 6.45) is 2.49. The third-order valence-corrected chi connectivity index (χ3v) is 3.43. The van der Waals surface area contributed by atoms with Gasteiger partial charge in [0.15, 0.2) is 5.16 Å². The minimum absolute atomic E-state index is 0.0841. The maximum Gasteiger partial charge on any atom is 0.326 e. The van der Waals surface area contributed by atoms with Crippen LogP contribution in [-0.2, 0) is 9.59 Å². The predicted molar refractivity (Wildman–Crippen MR) is 81.2 cm³/mol. The molecule has 0 bridgehead atoms. The van der Waals surface area contributed by atoms with E-state index in [2.05, 4.69) is 21.9 Å². The summed E-state index contributed by atoms with van der Waals surface area (Å²) < 4.78 is 0. The van der Waals surface area contributed by atoms with E-state index in [1.54, 1.807) is 6.08 Å². The second-order valence-corrected chi connectivity index (χ2v) is 5.49. The van der Waals surface area contributed by atoms with E-state index in [1.165, 1.54) is 11.8 Å². The van der Waals surface area contributed by atoms with Crippen molar-refractivity contribution >= 4 is 23.6 Å². The van der Waals surface area contributed by atoms with Gasteiger partial charge in [-0.05, 0) is 32.8 Å². The van der Waals surface area contributed by atoms with Crippen LogP contribution >= 0.6 is 11.8 Å².